The molecule has 0 amide bonds. The zero-order valence-corrected chi connectivity index (χ0v) is 10.6. The van der Waals surface area contributed by atoms with Gasteiger partial charge >= 0.3 is 0 Å². The van der Waals surface area contributed by atoms with Crippen LogP contribution in [0.4, 0.5) is 0 Å². The summed E-state index contributed by atoms with van der Waals surface area (Å²) in [5.41, 5.74) is 1.01. The van der Waals surface area contributed by atoms with Gasteiger partial charge < -0.3 is 4.74 Å². The molecule has 3 nitrogen and oxygen atoms in total. The van der Waals surface area contributed by atoms with E-state index < -0.39 is 0 Å². The van der Waals surface area contributed by atoms with E-state index in [1.54, 1.807) is 0 Å². The van der Waals surface area contributed by atoms with E-state index in [4.69, 9.17) is 4.74 Å². The Morgan fingerprint density at radius 2 is 2.06 bits per heavy atom. The van der Waals surface area contributed by atoms with Crippen LogP contribution in [-0.4, -0.2) is 17.4 Å². The Morgan fingerprint density at radius 1 is 1.35 bits per heavy atom. The number of ether oxygens (including phenoxy) is 1. The van der Waals surface area contributed by atoms with Gasteiger partial charge in [-0.2, -0.15) is 0 Å². The smallest absolute Gasteiger partial charge is 0.236 e. The standard InChI is InChI=1S/C13H13NO2S/c1-3-16-12-11(9(2)15)17-13(14-12)10-7-5-4-6-8-10/h4-8H,3H2,1-2H3. The molecule has 88 valence electrons. The predicted octanol–water partition coefficient (Wildman–Crippen LogP) is 3.41. The fraction of sp³-hybridized carbons (Fsp3) is 0.231. The van der Waals surface area contributed by atoms with Crippen LogP contribution >= 0.6 is 11.3 Å². The molecule has 2 aromatic rings. The summed E-state index contributed by atoms with van der Waals surface area (Å²) in [5.74, 6) is 0.442. The zero-order chi connectivity index (χ0) is 12.3. The van der Waals surface area contributed by atoms with Gasteiger partial charge in [-0.3, -0.25) is 4.79 Å². The summed E-state index contributed by atoms with van der Waals surface area (Å²) in [6, 6.07) is 9.79. The van der Waals surface area contributed by atoms with E-state index >= 15 is 0 Å². The number of aromatic nitrogens is 1. The minimum absolute atomic E-state index is 0.00636. The highest BCUT2D eigenvalue weighted by molar-refractivity contribution is 7.17. The zero-order valence-electron chi connectivity index (χ0n) is 9.77. The first-order valence-corrected chi connectivity index (χ1v) is 6.24. The van der Waals surface area contributed by atoms with Crippen molar-refractivity contribution >= 4 is 17.1 Å². The van der Waals surface area contributed by atoms with E-state index in [0.29, 0.717) is 17.4 Å². The molecular weight excluding hydrogens is 234 g/mol. The number of carbonyl (C=O) groups is 1. The van der Waals surface area contributed by atoms with Gasteiger partial charge in [0.25, 0.3) is 0 Å². The van der Waals surface area contributed by atoms with Crippen molar-refractivity contribution in [1.29, 1.82) is 0 Å². The largest absolute Gasteiger partial charge is 0.477 e. The lowest BCUT2D eigenvalue weighted by Gasteiger charge is -1.98. The second-order valence-electron chi connectivity index (χ2n) is 3.51. The molecule has 0 radical (unpaired) electrons. The second kappa shape index (κ2) is 5.10. The monoisotopic (exact) mass is 247 g/mol. The molecule has 0 atom stereocenters. The molecule has 1 heterocycles. The first kappa shape index (κ1) is 11.8. The fourth-order valence-corrected chi connectivity index (χ4v) is 2.38. The third-order valence-corrected chi connectivity index (χ3v) is 3.40. The van der Waals surface area contributed by atoms with Crippen molar-refractivity contribution in [3.63, 3.8) is 0 Å². The number of ketones is 1. The van der Waals surface area contributed by atoms with Gasteiger partial charge in [-0.15, -0.1) is 11.3 Å². The van der Waals surface area contributed by atoms with Gasteiger partial charge in [0.1, 0.15) is 9.88 Å². The summed E-state index contributed by atoms with van der Waals surface area (Å²) >= 11 is 1.37. The molecule has 0 saturated heterocycles. The molecule has 1 aromatic heterocycles. The van der Waals surface area contributed by atoms with Crippen LogP contribution < -0.4 is 4.74 Å². The molecule has 1 aromatic carbocycles. The number of thiazole rings is 1. The van der Waals surface area contributed by atoms with E-state index in [1.807, 2.05) is 37.3 Å². The molecule has 0 spiro atoms. The number of carbonyl (C=O) groups excluding carboxylic acids is 1. The average Bonchev–Trinajstić information content (AvgIpc) is 2.75. The van der Waals surface area contributed by atoms with E-state index in [9.17, 15) is 4.79 Å². The number of benzene rings is 1. The number of hydrogen-bond donors (Lipinski definition) is 0. The maximum absolute atomic E-state index is 11.5. The molecule has 4 heteroatoms. The van der Waals surface area contributed by atoms with Gasteiger partial charge in [-0.05, 0) is 6.92 Å². The molecule has 0 fully saturated rings. The summed E-state index contributed by atoms with van der Waals surface area (Å²) in [6.07, 6.45) is 0. The number of rotatable bonds is 4. The number of nitrogens with zero attached hydrogens (tertiary/aromatic N) is 1. The molecular formula is C13H13NO2S. The van der Waals surface area contributed by atoms with Gasteiger partial charge in [0.15, 0.2) is 5.78 Å². The predicted molar refractivity (Wildman–Crippen MR) is 68.7 cm³/mol. The van der Waals surface area contributed by atoms with Crippen molar-refractivity contribution in [3.05, 3.63) is 35.2 Å². The topological polar surface area (TPSA) is 39.2 Å². The molecule has 0 N–H and O–H groups in total. The third-order valence-electron chi connectivity index (χ3n) is 2.22. The van der Waals surface area contributed by atoms with E-state index in [0.717, 1.165) is 10.6 Å². The number of Topliss-reactive ketones (excluding diaryl/α,β-unsaturated/α-hetero) is 1. The Morgan fingerprint density at radius 3 is 2.65 bits per heavy atom. The van der Waals surface area contributed by atoms with Gasteiger partial charge in [0.2, 0.25) is 5.88 Å². The van der Waals surface area contributed by atoms with Crippen molar-refractivity contribution in [2.45, 2.75) is 13.8 Å². The summed E-state index contributed by atoms with van der Waals surface area (Å²) in [7, 11) is 0. The highest BCUT2D eigenvalue weighted by atomic mass is 32.1. The van der Waals surface area contributed by atoms with Gasteiger partial charge in [0.05, 0.1) is 6.61 Å². The van der Waals surface area contributed by atoms with Crippen molar-refractivity contribution in [2.75, 3.05) is 6.61 Å². The minimum Gasteiger partial charge on any atom is -0.477 e. The lowest BCUT2D eigenvalue weighted by molar-refractivity contribution is 0.101. The normalized spacial score (nSPS) is 10.2. The fourth-order valence-electron chi connectivity index (χ4n) is 1.47. The Bertz CT molecular complexity index is 519. The van der Waals surface area contributed by atoms with Gasteiger partial charge in [-0.1, -0.05) is 30.3 Å². The Balaban J connectivity index is 2.44. The van der Waals surface area contributed by atoms with Crippen LogP contribution in [0.25, 0.3) is 10.6 Å². The van der Waals surface area contributed by atoms with Crippen molar-refractivity contribution in [3.8, 4) is 16.5 Å². The highest BCUT2D eigenvalue weighted by Crippen LogP contribution is 2.32. The van der Waals surface area contributed by atoms with E-state index in [1.165, 1.54) is 18.3 Å². The molecule has 0 unspecified atom stereocenters. The second-order valence-corrected chi connectivity index (χ2v) is 4.51. The van der Waals surface area contributed by atoms with Crippen molar-refractivity contribution in [2.24, 2.45) is 0 Å². The lowest BCUT2D eigenvalue weighted by Crippen LogP contribution is -1.97. The van der Waals surface area contributed by atoms with Crippen molar-refractivity contribution < 1.29 is 9.53 Å². The molecule has 0 aliphatic rings. The van der Waals surface area contributed by atoms with Crippen LogP contribution in [0.15, 0.2) is 30.3 Å². The third kappa shape index (κ3) is 2.53. The molecule has 0 saturated carbocycles. The van der Waals surface area contributed by atoms with Crippen LogP contribution in [0.3, 0.4) is 0 Å². The van der Waals surface area contributed by atoms with Gasteiger partial charge in [0, 0.05) is 12.5 Å². The Kier molecular flexibility index (Phi) is 3.54. The van der Waals surface area contributed by atoms with E-state index in [-0.39, 0.29) is 5.78 Å². The maximum atomic E-state index is 11.5. The van der Waals surface area contributed by atoms with Crippen LogP contribution in [0.5, 0.6) is 5.88 Å². The summed E-state index contributed by atoms with van der Waals surface area (Å²) in [4.78, 5) is 16.4. The first-order chi connectivity index (χ1) is 8.22. The van der Waals surface area contributed by atoms with Crippen LogP contribution in [0.2, 0.25) is 0 Å². The van der Waals surface area contributed by atoms with Gasteiger partial charge in [-0.25, -0.2) is 4.98 Å². The highest BCUT2D eigenvalue weighted by Gasteiger charge is 2.16. The number of hydrogen-bond acceptors (Lipinski definition) is 4. The average molecular weight is 247 g/mol. The Hall–Kier alpha value is -1.68. The minimum atomic E-state index is -0.00636. The molecule has 17 heavy (non-hydrogen) atoms. The van der Waals surface area contributed by atoms with Crippen molar-refractivity contribution in [1.82, 2.24) is 4.98 Å². The molecule has 0 bridgehead atoms. The quantitative estimate of drug-likeness (QED) is 0.777. The SMILES string of the molecule is CCOc1nc(-c2ccccc2)sc1C(C)=O. The molecule has 2 rings (SSSR count). The van der Waals surface area contributed by atoms with Crippen LogP contribution in [0, 0.1) is 0 Å². The van der Waals surface area contributed by atoms with E-state index in [2.05, 4.69) is 4.98 Å². The lowest BCUT2D eigenvalue weighted by atomic mass is 10.2. The summed E-state index contributed by atoms with van der Waals surface area (Å²) < 4.78 is 5.38. The molecule has 0 aliphatic carbocycles. The first-order valence-electron chi connectivity index (χ1n) is 5.42. The molecule has 0 aliphatic heterocycles. The maximum Gasteiger partial charge on any atom is 0.236 e. The summed E-state index contributed by atoms with van der Waals surface area (Å²) in [5, 5.41) is 0.819. The van der Waals surface area contributed by atoms with Crippen LogP contribution in [-0.2, 0) is 0 Å². The Labute approximate surface area is 104 Å². The van der Waals surface area contributed by atoms with Crippen LogP contribution in [0.1, 0.15) is 23.5 Å². The summed E-state index contributed by atoms with van der Waals surface area (Å²) in [6.45, 7) is 3.93.